The van der Waals surface area contributed by atoms with Crippen molar-refractivity contribution in [3.05, 3.63) is 28.2 Å². The molecule has 1 fully saturated rings. The van der Waals surface area contributed by atoms with Gasteiger partial charge in [-0.2, -0.15) is 0 Å². The lowest BCUT2D eigenvalue weighted by Gasteiger charge is -2.29. The molecule has 5 nitrogen and oxygen atoms in total. The number of hydrogen-bond acceptors (Lipinski definition) is 3. The van der Waals surface area contributed by atoms with Gasteiger partial charge in [-0.3, -0.25) is 9.59 Å². The summed E-state index contributed by atoms with van der Waals surface area (Å²) in [7, 11) is 0. The molecule has 1 heterocycles. The molecule has 6 heteroatoms. The van der Waals surface area contributed by atoms with E-state index in [1.54, 1.807) is 12.1 Å². The molecule has 1 aromatic carbocycles. The van der Waals surface area contributed by atoms with Gasteiger partial charge in [-0.15, -0.1) is 0 Å². The Balaban J connectivity index is 2.00. The van der Waals surface area contributed by atoms with Crippen LogP contribution in [0, 0.1) is 6.92 Å². The van der Waals surface area contributed by atoms with Crippen molar-refractivity contribution >= 4 is 33.4 Å². The normalized spacial score (nSPS) is 18.8. The van der Waals surface area contributed by atoms with Crippen molar-refractivity contribution in [1.29, 1.82) is 0 Å². The summed E-state index contributed by atoms with van der Waals surface area (Å²) < 4.78 is 0.945. The second-order valence-corrected chi connectivity index (χ2v) is 5.82. The quantitative estimate of drug-likeness (QED) is 0.764. The molecular weight excluding hydrogens is 324 g/mol. The van der Waals surface area contributed by atoms with Gasteiger partial charge in [-0.05, 0) is 43.5 Å². The molecule has 1 unspecified atom stereocenters. The Bertz CT molecular complexity index is 533. The smallest absolute Gasteiger partial charge is 0.313 e. The number of anilines is 1. The minimum absolute atomic E-state index is 0.228. The van der Waals surface area contributed by atoms with Crippen LogP contribution < -0.4 is 5.32 Å². The van der Waals surface area contributed by atoms with Crippen molar-refractivity contribution in [3.63, 3.8) is 0 Å². The maximum atomic E-state index is 12.0. The number of aliphatic hydroxyl groups is 1. The summed E-state index contributed by atoms with van der Waals surface area (Å²) in [5, 5.41) is 12.1. The van der Waals surface area contributed by atoms with Crippen molar-refractivity contribution in [2.75, 3.05) is 18.4 Å². The molecule has 0 bridgehead atoms. The fraction of sp³-hybridized carbons (Fsp3) is 0.429. The Kier molecular flexibility index (Phi) is 4.77. The first-order valence-corrected chi connectivity index (χ1v) is 7.31. The Morgan fingerprint density at radius 2 is 2.20 bits per heavy atom. The fourth-order valence-corrected chi connectivity index (χ4v) is 2.44. The second kappa shape index (κ2) is 6.37. The van der Waals surface area contributed by atoms with Crippen molar-refractivity contribution < 1.29 is 14.7 Å². The van der Waals surface area contributed by atoms with E-state index in [0.29, 0.717) is 18.7 Å². The van der Waals surface area contributed by atoms with Crippen LogP contribution in [0.5, 0.6) is 0 Å². The maximum absolute atomic E-state index is 12.0. The van der Waals surface area contributed by atoms with Crippen LogP contribution >= 0.6 is 15.9 Å². The molecule has 108 valence electrons. The van der Waals surface area contributed by atoms with Gasteiger partial charge < -0.3 is 15.3 Å². The highest BCUT2D eigenvalue weighted by atomic mass is 79.9. The van der Waals surface area contributed by atoms with Gasteiger partial charge in [0.05, 0.1) is 6.10 Å². The molecule has 1 aliphatic rings. The molecule has 2 N–H and O–H groups in total. The number of carbonyl (C=O) groups excluding carboxylic acids is 2. The Labute approximate surface area is 126 Å². The van der Waals surface area contributed by atoms with E-state index in [0.717, 1.165) is 16.5 Å². The molecule has 1 saturated heterocycles. The number of aryl methyl sites for hydroxylation is 1. The van der Waals surface area contributed by atoms with Crippen LogP contribution in [0.25, 0.3) is 0 Å². The van der Waals surface area contributed by atoms with E-state index in [4.69, 9.17) is 0 Å². The van der Waals surface area contributed by atoms with Crippen LogP contribution in [-0.4, -0.2) is 41.0 Å². The lowest BCUT2D eigenvalue weighted by atomic mass is 10.1. The van der Waals surface area contributed by atoms with E-state index in [2.05, 4.69) is 21.2 Å². The van der Waals surface area contributed by atoms with E-state index in [-0.39, 0.29) is 6.54 Å². The molecule has 0 spiro atoms. The highest BCUT2D eigenvalue weighted by Gasteiger charge is 2.26. The molecule has 0 aliphatic carbocycles. The van der Waals surface area contributed by atoms with Gasteiger partial charge >= 0.3 is 11.8 Å². The summed E-state index contributed by atoms with van der Waals surface area (Å²) in [6.07, 6.45) is 0.866. The van der Waals surface area contributed by atoms with Crippen molar-refractivity contribution in [2.45, 2.75) is 25.9 Å². The average molecular weight is 341 g/mol. The molecule has 1 aromatic rings. The summed E-state index contributed by atoms with van der Waals surface area (Å²) in [5.41, 5.74) is 1.56. The second-order valence-electron chi connectivity index (χ2n) is 4.97. The van der Waals surface area contributed by atoms with Crippen LogP contribution in [0.4, 0.5) is 5.69 Å². The first-order chi connectivity index (χ1) is 9.47. The first-order valence-electron chi connectivity index (χ1n) is 6.52. The number of amides is 2. The van der Waals surface area contributed by atoms with E-state index in [1.807, 2.05) is 13.0 Å². The zero-order valence-corrected chi connectivity index (χ0v) is 12.8. The molecular formula is C14H17BrN2O3. The first kappa shape index (κ1) is 15.0. The number of carbonyl (C=O) groups is 2. The highest BCUT2D eigenvalue weighted by molar-refractivity contribution is 9.10. The molecule has 0 radical (unpaired) electrons. The largest absolute Gasteiger partial charge is 0.391 e. The molecule has 1 aliphatic heterocycles. The van der Waals surface area contributed by atoms with Gasteiger partial charge in [0, 0.05) is 23.2 Å². The molecule has 0 aromatic heterocycles. The molecule has 2 amide bonds. The topological polar surface area (TPSA) is 69.6 Å². The van der Waals surface area contributed by atoms with Gasteiger partial charge in [-0.1, -0.05) is 15.9 Å². The van der Waals surface area contributed by atoms with Crippen molar-refractivity contribution in [2.24, 2.45) is 0 Å². The lowest BCUT2D eigenvalue weighted by Crippen LogP contribution is -2.46. The molecule has 1 atom stereocenters. The minimum atomic E-state index is -0.666. The van der Waals surface area contributed by atoms with Crippen LogP contribution in [0.15, 0.2) is 22.7 Å². The third-order valence-corrected chi connectivity index (χ3v) is 4.18. The number of nitrogens with one attached hydrogen (secondary N) is 1. The summed E-state index contributed by atoms with van der Waals surface area (Å²) in [6, 6.07) is 5.34. The number of halogens is 1. The third-order valence-electron chi connectivity index (χ3n) is 3.29. The monoisotopic (exact) mass is 340 g/mol. The highest BCUT2D eigenvalue weighted by Crippen LogP contribution is 2.20. The summed E-state index contributed by atoms with van der Waals surface area (Å²) in [4.78, 5) is 25.3. The van der Waals surface area contributed by atoms with Crippen LogP contribution in [-0.2, 0) is 9.59 Å². The predicted octanol–water partition coefficient (Wildman–Crippen LogP) is 1.68. The van der Waals surface area contributed by atoms with Gasteiger partial charge in [-0.25, -0.2) is 0 Å². The molecule has 2 rings (SSSR count). The number of hydrogen-bond donors (Lipinski definition) is 2. The van der Waals surface area contributed by atoms with E-state index < -0.39 is 17.9 Å². The summed E-state index contributed by atoms with van der Waals surface area (Å²) in [5.74, 6) is -1.26. The SMILES string of the molecule is Cc1cc(NC(=O)C(=O)N2CCCC(O)C2)ccc1Br. The average Bonchev–Trinajstić information content (AvgIpc) is 2.42. The van der Waals surface area contributed by atoms with Crippen molar-refractivity contribution in [3.8, 4) is 0 Å². The van der Waals surface area contributed by atoms with Crippen LogP contribution in [0.1, 0.15) is 18.4 Å². The third kappa shape index (κ3) is 3.58. The predicted molar refractivity (Wildman–Crippen MR) is 79.3 cm³/mol. The maximum Gasteiger partial charge on any atom is 0.313 e. The summed E-state index contributed by atoms with van der Waals surface area (Å²) in [6.45, 7) is 2.65. The van der Waals surface area contributed by atoms with Crippen molar-refractivity contribution in [1.82, 2.24) is 4.90 Å². The number of rotatable bonds is 1. The standard InChI is InChI=1S/C14H17BrN2O3/c1-9-7-10(4-5-12(9)15)16-13(19)14(20)17-6-2-3-11(18)8-17/h4-5,7,11,18H,2-3,6,8H2,1H3,(H,16,19). The lowest BCUT2D eigenvalue weighted by molar-refractivity contribution is -0.145. The zero-order chi connectivity index (χ0) is 14.7. The zero-order valence-electron chi connectivity index (χ0n) is 11.2. The minimum Gasteiger partial charge on any atom is -0.391 e. The number of nitrogens with zero attached hydrogens (tertiary/aromatic N) is 1. The van der Waals surface area contributed by atoms with Crippen LogP contribution in [0.3, 0.4) is 0 Å². The Morgan fingerprint density at radius 3 is 2.85 bits per heavy atom. The number of benzene rings is 1. The van der Waals surface area contributed by atoms with E-state index in [1.165, 1.54) is 4.90 Å². The Hall–Kier alpha value is -1.40. The molecule has 0 saturated carbocycles. The fourth-order valence-electron chi connectivity index (χ4n) is 2.19. The van der Waals surface area contributed by atoms with Gasteiger partial charge in [0.25, 0.3) is 0 Å². The van der Waals surface area contributed by atoms with Gasteiger partial charge in [0.2, 0.25) is 0 Å². The number of aliphatic hydroxyl groups excluding tert-OH is 1. The van der Waals surface area contributed by atoms with E-state index >= 15 is 0 Å². The number of likely N-dealkylation sites (tertiary alicyclic amines) is 1. The molecule has 20 heavy (non-hydrogen) atoms. The van der Waals surface area contributed by atoms with Crippen LogP contribution in [0.2, 0.25) is 0 Å². The van der Waals surface area contributed by atoms with Gasteiger partial charge in [0.1, 0.15) is 0 Å². The van der Waals surface area contributed by atoms with E-state index in [9.17, 15) is 14.7 Å². The Morgan fingerprint density at radius 1 is 1.45 bits per heavy atom. The number of β-amino-alcohol motifs (C(OH)–C–C–N with tert-alkyl or cyclic N) is 1. The summed E-state index contributed by atoms with van der Waals surface area (Å²) >= 11 is 3.38. The van der Waals surface area contributed by atoms with Gasteiger partial charge in [0.15, 0.2) is 0 Å². The number of piperidine rings is 1.